The summed E-state index contributed by atoms with van der Waals surface area (Å²) < 4.78 is 11.3. The number of ether oxygens (including phenoxy) is 2. The molecule has 0 aliphatic heterocycles. The Hall–Kier alpha value is -1.95. The number of aryl methyl sites for hydroxylation is 1. The van der Waals surface area contributed by atoms with Crippen molar-refractivity contribution >= 4 is 5.97 Å². The van der Waals surface area contributed by atoms with E-state index in [0.717, 1.165) is 31.4 Å². The molecule has 1 aromatic carbocycles. The highest BCUT2D eigenvalue weighted by Gasteiger charge is 2.65. The van der Waals surface area contributed by atoms with Crippen molar-refractivity contribution in [2.75, 3.05) is 7.11 Å². The molecule has 3 aliphatic rings. The van der Waals surface area contributed by atoms with E-state index in [1.165, 1.54) is 24.5 Å². The topological polar surface area (TPSA) is 35.5 Å². The van der Waals surface area contributed by atoms with Crippen molar-refractivity contribution in [2.45, 2.75) is 64.4 Å². The largest absolute Gasteiger partial charge is 0.497 e. The van der Waals surface area contributed by atoms with E-state index in [4.69, 9.17) is 15.9 Å². The number of rotatable bonds is 2. The zero-order valence-corrected chi connectivity index (χ0v) is 16.9. The molecule has 3 nitrogen and oxygen atoms in total. The minimum atomic E-state index is -0.747. The lowest BCUT2D eigenvalue weighted by Gasteiger charge is -2.55. The van der Waals surface area contributed by atoms with Crippen LogP contribution in [-0.2, 0) is 16.0 Å². The van der Waals surface area contributed by atoms with Crippen LogP contribution >= 0.6 is 0 Å². The summed E-state index contributed by atoms with van der Waals surface area (Å²) in [4.78, 5) is 11.8. The van der Waals surface area contributed by atoms with Gasteiger partial charge in [-0.2, -0.15) is 0 Å². The molecular weight excluding hydrogens is 336 g/mol. The molecule has 0 saturated heterocycles. The summed E-state index contributed by atoms with van der Waals surface area (Å²) in [5.74, 6) is 5.80. The number of benzene rings is 1. The molecule has 0 aromatic heterocycles. The summed E-state index contributed by atoms with van der Waals surface area (Å²) in [7, 11) is 1.73. The average Bonchev–Trinajstić information content (AvgIpc) is 2.92. The van der Waals surface area contributed by atoms with E-state index in [0.29, 0.717) is 23.7 Å². The first kappa shape index (κ1) is 18.4. The summed E-state index contributed by atoms with van der Waals surface area (Å²) in [6.45, 7) is 6.12. The maximum Gasteiger partial charge on any atom is 0.304 e. The molecule has 27 heavy (non-hydrogen) atoms. The third-order valence-electron chi connectivity index (χ3n) is 7.89. The van der Waals surface area contributed by atoms with Crippen LogP contribution in [0.15, 0.2) is 18.2 Å². The number of esters is 1. The third-order valence-corrected chi connectivity index (χ3v) is 7.89. The number of fused-ring (bicyclic) bond motifs is 5. The highest BCUT2D eigenvalue weighted by Crippen LogP contribution is 2.66. The van der Waals surface area contributed by atoms with Gasteiger partial charge >= 0.3 is 5.97 Å². The van der Waals surface area contributed by atoms with Gasteiger partial charge in [-0.3, -0.25) is 4.79 Å². The van der Waals surface area contributed by atoms with E-state index >= 15 is 0 Å². The Labute approximate surface area is 162 Å². The van der Waals surface area contributed by atoms with E-state index in [9.17, 15) is 4.79 Å². The van der Waals surface area contributed by atoms with Crippen LogP contribution < -0.4 is 4.74 Å². The van der Waals surface area contributed by atoms with Crippen LogP contribution in [0.1, 0.15) is 63.5 Å². The maximum absolute atomic E-state index is 11.8. The maximum atomic E-state index is 11.8. The van der Waals surface area contributed by atoms with Crippen LogP contribution in [0.2, 0.25) is 0 Å². The van der Waals surface area contributed by atoms with Gasteiger partial charge in [0.05, 0.1) is 7.11 Å². The van der Waals surface area contributed by atoms with Crippen LogP contribution in [0.25, 0.3) is 0 Å². The molecular formula is C24H30O3. The number of hydrogen-bond donors (Lipinski definition) is 0. The number of carbonyl (C=O) groups excluding carboxylic acids is 1. The minimum Gasteiger partial charge on any atom is -0.497 e. The Morgan fingerprint density at radius 1 is 1.33 bits per heavy atom. The number of terminal acetylenes is 1. The molecule has 0 bridgehead atoms. The summed E-state index contributed by atoms with van der Waals surface area (Å²) in [6.07, 6.45) is 11.1. The Kier molecular flexibility index (Phi) is 4.29. The monoisotopic (exact) mass is 366 g/mol. The molecule has 2 fully saturated rings. The normalized spacial score (nSPS) is 39.5. The van der Waals surface area contributed by atoms with Crippen molar-refractivity contribution in [3.63, 3.8) is 0 Å². The van der Waals surface area contributed by atoms with Gasteiger partial charge in [0.1, 0.15) is 5.75 Å². The molecule has 0 heterocycles. The van der Waals surface area contributed by atoms with E-state index in [1.807, 2.05) is 0 Å². The standard InChI is InChI=1S/C24H30O3/c1-6-24(27-16(3)25)12-11-21-20-9-7-17-13-18(26-5)8-10-19(17)22(20)15(2)14-23(21,24)4/h1,8,10,13,15,20-22H,7,9,11-12,14H2,2-5H3/t15-,20+,21-,22-,23-,24-/m0/s1. The van der Waals surface area contributed by atoms with Crippen molar-refractivity contribution < 1.29 is 14.3 Å². The second-order valence-corrected chi connectivity index (χ2v) is 9.10. The SMILES string of the molecule is C#C[C@]1(OC(C)=O)CC[C@H]2[C@H]3CCc4cc(OC)ccc4[C@@H]3[C@@H](C)C[C@@]21C. The van der Waals surface area contributed by atoms with Crippen molar-refractivity contribution in [1.29, 1.82) is 0 Å². The lowest BCUT2D eigenvalue weighted by molar-refractivity contribution is -0.167. The van der Waals surface area contributed by atoms with Crippen LogP contribution in [-0.4, -0.2) is 18.7 Å². The molecule has 1 aromatic rings. The van der Waals surface area contributed by atoms with E-state index in [1.54, 1.807) is 7.11 Å². The molecule has 0 unspecified atom stereocenters. The fourth-order valence-corrected chi connectivity index (χ4v) is 6.90. The van der Waals surface area contributed by atoms with Crippen molar-refractivity contribution in [3.8, 4) is 18.1 Å². The smallest absolute Gasteiger partial charge is 0.304 e. The van der Waals surface area contributed by atoms with Crippen LogP contribution in [0.4, 0.5) is 0 Å². The van der Waals surface area contributed by atoms with Gasteiger partial charge in [0, 0.05) is 12.3 Å². The highest BCUT2D eigenvalue weighted by atomic mass is 16.6. The molecule has 6 atom stereocenters. The van der Waals surface area contributed by atoms with Crippen molar-refractivity contribution in [3.05, 3.63) is 29.3 Å². The van der Waals surface area contributed by atoms with E-state index < -0.39 is 5.60 Å². The van der Waals surface area contributed by atoms with Gasteiger partial charge in [-0.1, -0.05) is 25.8 Å². The lowest BCUT2D eigenvalue weighted by Crippen LogP contribution is -2.54. The van der Waals surface area contributed by atoms with Gasteiger partial charge in [0.2, 0.25) is 0 Å². The molecule has 2 saturated carbocycles. The van der Waals surface area contributed by atoms with E-state index in [2.05, 4.69) is 38.0 Å². The summed E-state index contributed by atoms with van der Waals surface area (Å²) >= 11 is 0. The second-order valence-electron chi connectivity index (χ2n) is 9.10. The third kappa shape index (κ3) is 2.53. The predicted molar refractivity (Wildman–Crippen MR) is 105 cm³/mol. The fraction of sp³-hybridized carbons (Fsp3) is 0.625. The van der Waals surface area contributed by atoms with Crippen LogP contribution in [0.5, 0.6) is 5.75 Å². The Morgan fingerprint density at radius 2 is 2.11 bits per heavy atom. The lowest BCUT2D eigenvalue weighted by atomic mass is 9.50. The zero-order valence-electron chi connectivity index (χ0n) is 16.9. The quantitative estimate of drug-likeness (QED) is 0.561. The molecule has 0 radical (unpaired) electrons. The fourth-order valence-electron chi connectivity index (χ4n) is 6.90. The van der Waals surface area contributed by atoms with Gasteiger partial charge in [-0.05, 0) is 79.0 Å². The molecule has 0 spiro atoms. The highest BCUT2D eigenvalue weighted by molar-refractivity contribution is 5.67. The summed E-state index contributed by atoms with van der Waals surface area (Å²) in [5, 5.41) is 0. The number of carbonyl (C=O) groups is 1. The number of hydrogen-bond acceptors (Lipinski definition) is 3. The van der Waals surface area contributed by atoms with Gasteiger partial charge in [0.25, 0.3) is 0 Å². The van der Waals surface area contributed by atoms with Gasteiger partial charge in [0.15, 0.2) is 5.60 Å². The molecule has 3 heteroatoms. The first-order valence-corrected chi connectivity index (χ1v) is 10.2. The molecule has 144 valence electrons. The summed E-state index contributed by atoms with van der Waals surface area (Å²) in [6, 6.07) is 6.59. The number of methoxy groups -OCH3 is 1. The zero-order chi connectivity index (χ0) is 19.4. The second kappa shape index (κ2) is 6.30. The molecule has 4 rings (SSSR count). The first-order chi connectivity index (χ1) is 12.8. The van der Waals surface area contributed by atoms with Gasteiger partial charge < -0.3 is 9.47 Å². The molecule has 3 aliphatic carbocycles. The van der Waals surface area contributed by atoms with Crippen molar-refractivity contribution in [1.82, 2.24) is 0 Å². The van der Waals surface area contributed by atoms with Crippen molar-refractivity contribution in [2.24, 2.45) is 23.2 Å². The summed E-state index contributed by atoms with van der Waals surface area (Å²) in [5.41, 5.74) is 2.04. The first-order valence-electron chi connectivity index (χ1n) is 10.2. The van der Waals surface area contributed by atoms with Crippen LogP contribution in [0.3, 0.4) is 0 Å². The molecule has 0 N–H and O–H groups in total. The minimum absolute atomic E-state index is 0.141. The Morgan fingerprint density at radius 3 is 2.78 bits per heavy atom. The predicted octanol–water partition coefficient (Wildman–Crippen LogP) is 4.73. The van der Waals surface area contributed by atoms with E-state index in [-0.39, 0.29) is 11.4 Å². The average molecular weight is 367 g/mol. The van der Waals surface area contributed by atoms with Gasteiger partial charge in [-0.25, -0.2) is 0 Å². The Bertz CT molecular complexity index is 806. The van der Waals surface area contributed by atoms with Gasteiger partial charge in [-0.15, -0.1) is 6.42 Å². The van der Waals surface area contributed by atoms with Crippen LogP contribution in [0, 0.1) is 35.5 Å². The Balaban J connectivity index is 1.73. The molecule has 0 amide bonds.